The van der Waals surface area contributed by atoms with Gasteiger partial charge in [0.15, 0.2) is 10.9 Å². The van der Waals surface area contributed by atoms with Crippen LogP contribution in [0.2, 0.25) is 0 Å². The van der Waals surface area contributed by atoms with Crippen LogP contribution in [0.1, 0.15) is 40.2 Å². The SMILES string of the molecule is CCOC(=O)c1sc(N(Cc2ccc(F)cc2)C(=O)CCc2nc(-c3ccco3)no2)nc1C. The molecule has 0 aliphatic rings. The van der Waals surface area contributed by atoms with Crippen molar-refractivity contribution in [3.05, 3.63) is 70.5 Å². The molecule has 0 atom stereocenters. The number of amides is 1. The van der Waals surface area contributed by atoms with Crippen LogP contribution < -0.4 is 4.90 Å². The van der Waals surface area contributed by atoms with Crippen LogP contribution in [0.4, 0.5) is 9.52 Å². The van der Waals surface area contributed by atoms with Crippen LogP contribution in [0.15, 0.2) is 51.6 Å². The lowest BCUT2D eigenvalue weighted by molar-refractivity contribution is -0.118. The lowest BCUT2D eigenvalue weighted by Gasteiger charge is -2.20. The number of aryl methyl sites for hydroxylation is 2. The van der Waals surface area contributed by atoms with E-state index >= 15 is 0 Å². The fourth-order valence-electron chi connectivity index (χ4n) is 3.13. The number of hydrogen-bond donors (Lipinski definition) is 0. The Bertz CT molecular complexity index is 1270. The maximum absolute atomic E-state index is 13.4. The molecule has 0 radical (unpaired) electrons. The Balaban J connectivity index is 1.54. The Kier molecular flexibility index (Phi) is 7.12. The summed E-state index contributed by atoms with van der Waals surface area (Å²) in [4.78, 5) is 35.9. The second-order valence-electron chi connectivity index (χ2n) is 7.23. The summed E-state index contributed by atoms with van der Waals surface area (Å²) in [6.07, 6.45) is 1.75. The van der Waals surface area contributed by atoms with E-state index in [1.54, 1.807) is 38.1 Å². The largest absolute Gasteiger partial charge is 0.462 e. The van der Waals surface area contributed by atoms with Gasteiger partial charge in [0, 0.05) is 12.8 Å². The Morgan fingerprint density at radius 3 is 2.68 bits per heavy atom. The van der Waals surface area contributed by atoms with Crippen LogP contribution in [-0.2, 0) is 22.5 Å². The molecule has 0 bridgehead atoms. The van der Waals surface area contributed by atoms with E-state index in [2.05, 4.69) is 15.1 Å². The van der Waals surface area contributed by atoms with Gasteiger partial charge in [0.2, 0.25) is 17.6 Å². The molecule has 0 saturated carbocycles. The maximum Gasteiger partial charge on any atom is 0.350 e. The first-order chi connectivity index (χ1) is 16.4. The van der Waals surface area contributed by atoms with Gasteiger partial charge in [0.25, 0.3) is 0 Å². The first-order valence-corrected chi connectivity index (χ1v) is 11.3. The molecule has 3 heterocycles. The topological polar surface area (TPSA) is 112 Å². The summed E-state index contributed by atoms with van der Waals surface area (Å²) in [5.41, 5.74) is 1.17. The molecule has 1 amide bonds. The lowest BCUT2D eigenvalue weighted by atomic mass is 10.2. The molecule has 1 aromatic carbocycles. The number of aromatic nitrogens is 3. The summed E-state index contributed by atoms with van der Waals surface area (Å²) >= 11 is 1.07. The van der Waals surface area contributed by atoms with Gasteiger partial charge in [0.05, 0.1) is 25.1 Å². The van der Waals surface area contributed by atoms with Crippen molar-refractivity contribution in [1.29, 1.82) is 0 Å². The van der Waals surface area contributed by atoms with Gasteiger partial charge in [-0.2, -0.15) is 4.98 Å². The van der Waals surface area contributed by atoms with Gasteiger partial charge in [-0.1, -0.05) is 28.6 Å². The molecule has 0 unspecified atom stereocenters. The van der Waals surface area contributed by atoms with Crippen LogP contribution in [0, 0.1) is 12.7 Å². The summed E-state index contributed by atoms with van der Waals surface area (Å²) < 4.78 is 28.9. The molecule has 0 fully saturated rings. The molecule has 11 heteroatoms. The summed E-state index contributed by atoms with van der Waals surface area (Å²) in [7, 11) is 0. The van der Waals surface area contributed by atoms with Crippen molar-refractivity contribution in [2.45, 2.75) is 33.2 Å². The van der Waals surface area contributed by atoms with E-state index in [9.17, 15) is 14.0 Å². The number of carbonyl (C=O) groups excluding carboxylic acids is 2. The quantitative estimate of drug-likeness (QED) is 0.318. The highest BCUT2D eigenvalue weighted by Crippen LogP contribution is 2.29. The minimum absolute atomic E-state index is 0.0500. The van der Waals surface area contributed by atoms with Crippen molar-refractivity contribution in [3.8, 4) is 11.6 Å². The molecule has 176 valence electrons. The predicted octanol–water partition coefficient (Wildman–Crippen LogP) is 4.58. The minimum atomic E-state index is -0.491. The summed E-state index contributed by atoms with van der Waals surface area (Å²) in [5.74, 6) is -0.0983. The fourth-order valence-corrected chi connectivity index (χ4v) is 4.11. The van der Waals surface area contributed by atoms with Gasteiger partial charge in [-0.15, -0.1) is 0 Å². The number of nitrogens with zero attached hydrogens (tertiary/aromatic N) is 4. The zero-order valence-electron chi connectivity index (χ0n) is 18.5. The zero-order chi connectivity index (χ0) is 24.1. The number of hydrogen-bond acceptors (Lipinski definition) is 9. The number of furan rings is 1. The number of thiazole rings is 1. The smallest absolute Gasteiger partial charge is 0.350 e. The van der Waals surface area contributed by atoms with Crippen molar-refractivity contribution in [2.75, 3.05) is 11.5 Å². The molecule has 0 saturated heterocycles. The molecule has 0 aliphatic heterocycles. The second-order valence-corrected chi connectivity index (χ2v) is 8.20. The highest BCUT2D eigenvalue weighted by atomic mass is 32.1. The standard InChI is InChI=1S/C23H21FN4O5S/c1-3-31-22(30)20-14(2)25-23(34-20)28(13-15-6-8-16(24)9-7-15)19(29)11-10-18-26-21(27-33-18)17-5-4-12-32-17/h4-9,12H,3,10-11,13H2,1-2H3. The van der Waals surface area contributed by atoms with Crippen LogP contribution in [0.3, 0.4) is 0 Å². The number of rotatable bonds is 9. The number of halogens is 1. The van der Waals surface area contributed by atoms with Gasteiger partial charge >= 0.3 is 5.97 Å². The van der Waals surface area contributed by atoms with Crippen molar-refractivity contribution in [2.24, 2.45) is 0 Å². The number of esters is 1. The second kappa shape index (κ2) is 10.4. The van der Waals surface area contributed by atoms with Crippen LogP contribution >= 0.6 is 11.3 Å². The van der Waals surface area contributed by atoms with Crippen molar-refractivity contribution < 1.29 is 27.7 Å². The van der Waals surface area contributed by atoms with Gasteiger partial charge < -0.3 is 13.7 Å². The Labute approximate surface area is 198 Å². The normalized spacial score (nSPS) is 10.9. The van der Waals surface area contributed by atoms with Gasteiger partial charge in [0.1, 0.15) is 10.7 Å². The summed E-state index contributed by atoms with van der Waals surface area (Å²) in [5, 5.41) is 4.21. The van der Waals surface area contributed by atoms with Crippen molar-refractivity contribution >= 4 is 28.3 Å². The van der Waals surface area contributed by atoms with E-state index in [0.717, 1.165) is 11.3 Å². The first kappa shape index (κ1) is 23.3. The summed E-state index contributed by atoms with van der Waals surface area (Å²) in [6, 6.07) is 9.25. The average molecular weight is 485 g/mol. The minimum Gasteiger partial charge on any atom is -0.462 e. The highest BCUT2D eigenvalue weighted by molar-refractivity contribution is 7.17. The van der Waals surface area contributed by atoms with Crippen LogP contribution in [-0.4, -0.2) is 33.6 Å². The number of ether oxygens (including phenoxy) is 1. The van der Waals surface area contributed by atoms with Gasteiger partial charge in [-0.25, -0.2) is 14.2 Å². The summed E-state index contributed by atoms with van der Waals surface area (Å²) in [6.45, 7) is 3.78. The van der Waals surface area contributed by atoms with Crippen molar-refractivity contribution in [1.82, 2.24) is 15.1 Å². The van der Waals surface area contributed by atoms with E-state index in [4.69, 9.17) is 13.7 Å². The monoisotopic (exact) mass is 484 g/mol. The molecule has 4 aromatic rings. The zero-order valence-corrected chi connectivity index (χ0v) is 19.3. The van der Waals surface area contributed by atoms with E-state index in [0.29, 0.717) is 32.9 Å². The third kappa shape index (κ3) is 5.37. The fraction of sp³-hybridized carbons (Fsp3) is 0.261. The van der Waals surface area contributed by atoms with Gasteiger partial charge in [-0.05, 0) is 43.7 Å². The molecular formula is C23H21FN4O5S. The molecule has 34 heavy (non-hydrogen) atoms. The van der Waals surface area contributed by atoms with Crippen LogP contribution in [0.5, 0.6) is 0 Å². The Hall–Kier alpha value is -3.86. The number of anilines is 1. The van der Waals surface area contributed by atoms with E-state index in [1.807, 2.05) is 0 Å². The molecular weight excluding hydrogens is 463 g/mol. The third-order valence-corrected chi connectivity index (χ3v) is 5.95. The first-order valence-electron chi connectivity index (χ1n) is 10.5. The van der Waals surface area contributed by atoms with Crippen LogP contribution in [0.25, 0.3) is 11.6 Å². The van der Waals surface area contributed by atoms with Crippen molar-refractivity contribution in [3.63, 3.8) is 0 Å². The number of benzene rings is 1. The van der Waals surface area contributed by atoms with E-state index < -0.39 is 5.97 Å². The van der Waals surface area contributed by atoms with E-state index in [1.165, 1.54) is 23.3 Å². The molecule has 0 N–H and O–H groups in total. The Morgan fingerprint density at radius 2 is 1.97 bits per heavy atom. The van der Waals surface area contributed by atoms with E-state index in [-0.39, 0.29) is 43.6 Å². The molecule has 3 aromatic heterocycles. The number of carbonyl (C=O) groups is 2. The molecule has 9 nitrogen and oxygen atoms in total. The lowest BCUT2D eigenvalue weighted by Crippen LogP contribution is -2.30. The Morgan fingerprint density at radius 1 is 1.18 bits per heavy atom. The highest BCUT2D eigenvalue weighted by Gasteiger charge is 2.25. The predicted molar refractivity (Wildman–Crippen MR) is 121 cm³/mol. The molecule has 0 aliphatic carbocycles. The third-order valence-electron chi connectivity index (χ3n) is 4.79. The molecule has 0 spiro atoms. The maximum atomic E-state index is 13.4. The molecule has 4 rings (SSSR count). The van der Waals surface area contributed by atoms with Gasteiger partial charge in [-0.3, -0.25) is 9.69 Å². The average Bonchev–Trinajstić information content (AvgIpc) is 3.58.